The van der Waals surface area contributed by atoms with Crippen molar-refractivity contribution < 1.29 is 4.74 Å². The lowest BCUT2D eigenvalue weighted by Gasteiger charge is -2.21. The quantitative estimate of drug-likeness (QED) is 0.636. The molecule has 0 unspecified atom stereocenters. The molecule has 70 valence electrons. The van der Waals surface area contributed by atoms with Crippen LogP contribution in [0, 0.1) is 5.41 Å². The van der Waals surface area contributed by atoms with E-state index in [1.165, 1.54) is 0 Å². The van der Waals surface area contributed by atoms with Crippen molar-refractivity contribution in [2.75, 3.05) is 6.61 Å². The van der Waals surface area contributed by atoms with Crippen molar-refractivity contribution in [3.63, 3.8) is 0 Å². The maximum Gasteiger partial charge on any atom is 0.189 e. The van der Waals surface area contributed by atoms with Gasteiger partial charge in [0.25, 0.3) is 0 Å². The summed E-state index contributed by atoms with van der Waals surface area (Å²) in [4.78, 5) is 4.54. The lowest BCUT2D eigenvalue weighted by atomic mass is 9.90. The highest BCUT2D eigenvalue weighted by molar-refractivity contribution is 5.83. The minimum absolute atomic E-state index is 0.129. The van der Waals surface area contributed by atoms with Gasteiger partial charge in [-0.3, -0.25) is 0 Å². The molecule has 0 bridgehead atoms. The molecule has 0 saturated carbocycles. The van der Waals surface area contributed by atoms with E-state index in [9.17, 15) is 0 Å². The molecule has 0 aromatic carbocycles. The second kappa shape index (κ2) is 3.46. The molecule has 0 radical (unpaired) electrons. The first-order valence-electron chi connectivity index (χ1n) is 4.81. The van der Waals surface area contributed by atoms with Gasteiger partial charge in [-0.1, -0.05) is 27.7 Å². The second-order valence-electron chi connectivity index (χ2n) is 4.04. The summed E-state index contributed by atoms with van der Waals surface area (Å²) >= 11 is 0. The van der Waals surface area contributed by atoms with Gasteiger partial charge < -0.3 is 4.74 Å². The molecular weight excluding hydrogens is 150 g/mol. The van der Waals surface area contributed by atoms with Gasteiger partial charge in [0.15, 0.2) is 5.90 Å². The van der Waals surface area contributed by atoms with Crippen molar-refractivity contribution in [1.82, 2.24) is 0 Å². The summed E-state index contributed by atoms with van der Waals surface area (Å²) in [6.07, 6.45) is 2.17. The molecule has 0 fully saturated rings. The van der Waals surface area contributed by atoms with Gasteiger partial charge in [-0.15, -0.1) is 0 Å². The average molecular weight is 169 g/mol. The van der Waals surface area contributed by atoms with E-state index in [0.29, 0.717) is 6.04 Å². The number of hydrogen-bond donors (Lipinski definition) is 0. The molecule has 0 aromatic heterocycles. The van der Waals surface area contributed by atoms with Crippen LogP contribution in [-0.4, -0.2) is 18.5 Å². The number of rotatable bonds is 3. The van der Waals surface area contributed by atoms with E-state index in [0.717, 1.165) is 25.3 Å². The van der Waals surface area contributed by atoms with Crippen LogP contribution in [0.25, 0.3) is 0 Å². The van der Waals surface area contributed by atoms with Gasteiger partial charge in [0.2, 0.25) is 0 Å². The van der Waals surface area contributed by atoms with Crippen LogP contribution in [0.4, 0.5) is 0 Å². The predicted octanol–water partition coefficient (Wildman–Crippen LogP) is 2.63. The maximum absolute atomic E-state index is 5.56. The SMILES string of the molecule is CC[C@@H]1COC(C(C)(C)CC)=N1. The summed E-state index contributed by atoms with van der Waals surface area (Å²) < 4.78 is 5.56. The molecule has 0 aromatic rings. The lowest BCUT2D eigenvalue weighted by Crippen LogP contribution is -2.23. The van der Waals surface area contributed by atoms with E-state index < -0.39 is 0 Å². The molecule has 2 nitrogen and oxygen atoms in total. The standard InChI is InChI=1S/C10H19NO/c1-5-8-7-12-9(11-8)10(3,4)6-2/h8H,5-7H2,1-4H3/t8-/m1/s1. The van der Waals surface area contributed by atoms with Gasteiger partial charge >= 0.3 is 0 Å². The molecule has 12 heavy (non-hydrogen) atoms. The van der Waals surface area contributed by atoms with E-state index in [-0.39, 0.29) is 5.41 Å². The summed E-state index contributed by atoms with van der Waals surface area (Å²) in [5.41, 5.74) is 0.129. The predicted molar refractivity (Wildman–Crippen MR) is 51.5 cm³/mol. The fourth-order valence-corrected chi connectivity index (χ4v) is 1.15. The molecule has 2 heteroatoms. The Morgan fingerprint density at radius 3 is 2.58 bits per heavy atom. The van der Waals surface area contributed by atoms with Crippen LogP contribution in [0.15, 0.2) is 4.99 Å². The molecule has 0 amide bonds. The topological polar surface area (TPSA) is 21.6 Å². The minimum atomic E-state index is 0.129. The van der Waals surface area contributed by atoms with Crippen LogP contribution in [0.1, 0.15) is 40.5 Å². The van der Waals surface area contributed by atoms with E-state index in [1.54, 1.807) is 0 Å². The Morgan fingerprint density at radius 1 is 1.50 bits per heavy atom. The van der Waals surface area contributed by atoms with E-state index in [4.69, 9.17) is 4.74 Å². The first-order valence-corrected chi connectivity index (χ1v) is 4.81. The molecule has 0 spiro atoms. The summed E-state index contributed by atoms with van der Waals surface area (Å²) in [6, 6.07) is 0.408. The highest BCUT2D eigenvalue weighted by Crippen LogP contribution is 2.26. The highest BCUT2D eigenvalue weighted by Gasteiger charge is 2.29. The Bertz CT molecular complexity index is 184. The van der Waals surface area contributed by atoms with Gasteiger partial charge in [0.1, 0.15) is 6.61 Å². The van der Waals surface area contributed by atoms with E-state index in [2.05, 4.69) is 32.7 Å². The molecule has 1 rings (SSSR count). The molecule has 0 N–H and O–H groups in total. The van der Waals surface area contributed by atoms with Crippen molar-refractivity contribution in [3.8, 4) is 0 Å². The van der Waals surface area contributed by atoms with Crippen molar-refractivity contribution >= 4 is 5.90 Å². The number of nitrogens with zero attached hydrogens (tertiary/aromatic N) is 1. The van der Waals surface area contributed by atoms with Gasteiger partial charge in [-0.05, 0) is 12.8 Å². The van der Waals surface area contributed by atoms with Crippen molar-refractivity contribution in [2.24, 2.45) is 10.4 Å². The van der Waals surface area contributed by atoms with Crippen molar-refractivity contribution in [1.29, 1.82) is 0 Å². The van der Waals surface area contributed by atoms with Crippen LogP contribution in [0.3, 0.4) is 0 Å². The summed E-state index contributed by atoms with van der Waals surface area (Å²) in [5.74, 6) is 0.955. The van der Waals surface area contributed by atoms with Crippen molar-refractivity contribution in [3.05, 3.63) is 0 Å². The smallest absolute Gasteiger partial charge is 0.189 e. The summed E-state index contributed by atoms with van der Waals surface area (Å²) in [7, 11) is 0. The van der Waals surface area contributed by atoms with Gasteiger partial charge in [0.05, 0.1) is 6.04 Å². The summed E-state index contributed by atoms with van der Waals surface area (Å²) in [6.45, 7) is 9.48. The number of hydrogen-bond acceptors (Lipinski definition) is 2. The Hall–Kier alpha value is -0.530. The highest BCUT2D eigenvalue weighted by atomic mass is 16.5. The normalized spacial score (nSPS) is 23.7. The van der Waals surface area contributed by atoms with Crippen LogP contribution < -0.4 is 0 Å². The fraction of sp³-hybridized carbons (Fsp3) is 0.900. The third-order valence-corrected chi connectivity index (χ3v) is 2.65. The Kier molecular flexibility index (Phi) is 2.76. The fourth-order valence-electron chi connectivity index (χ4n) is 1.15. The van der Waals surface area contributed by atoms with Crippen molar-refractivity contribution in [2.45, 2.75) is 46.6 Å². The monoisotopic (exact) mass is 169 g/mol. The molecule has 1 aliphatic rings. The van der Waals surface area contributed by atoms with E-state index >= 15 is 0 Å². The molecule has 1 heterocycles. The summed E-state index contributed by atoms with van der Waals surface area (Å²) in [5, 5.41) is 0. The Morgan fingerprint density at radius 2 is 2.17 bits per heavy atom. The number of ether oxygens (including phenoxy) is 1. The average Bonchev–Trinajstić information content (AvgIpc) is 2.52. The van der Waals surface area contributed by atoms with Crippen LogP contribution in [0.5, 0.6) is 0 Å². The van der Waals surface area contributed by atoms with Crippen LogP contribution in [-0.2, 0) is 4.74 Å². The van der Waals surface area contributed by atoms with E-state index in [1.807, 2.05) is 0 Å². The molecular formula is C10H19NO. The molecule has 1 atom stereocenters. The largest absolute Gasteiger partial charge is 0.478 e. The van der Waals surface area contributed by atoms with Gasteiger partial charge in [-0.25, -0.2) is 4.99 Å². The zero-order chi connectivity index (χ0) is 9.19. The molecule has 0 saturated heterocycles. The Balaban J connectivity index is 2.65. The maximum atomic E-state index is 5.56. The van der Waals surface area contributed by atoms with Crippen LogP contribution in [0.2, 0.25) is 0 Å². The second-order valence-corrected chi connectivity index (χ2v) is 4.04. The minimum Gasteiger partial charge on any atom is -0.478 e. The third kappa shape index (κ3) is 1.79. The third-order valence-electron chi connectivity index (χ3n) is 2.65. The zero-order valence-corrected chi connectivity index (χ0v) is 8.55. The van der Waals surface area contributed by atoms with Gasteiger partial charge in [-0.2, -0.15) is 0 Å². The zero-order valence-electron chi connectivity index (χ0n) is 8.55. The van der Waals surface area contributed by atoms with Gasteiger partial charge in [0, 0.05) is 5.41 Å². The Labute approximate surface area is 75.0 Å². The van der Waals surface area contributed by atoms with Crippen LogP contribution >= 0.6 is 0 Å². The molecule has 1 aliphatic heterocycles. The number of aliphatic imine (C=N–C) groups is 1. The molecule has 0 aliphatic carbocycles. The lowest BCUT2D eigenvalue weighted by molar-refractivity contribution is 0.271. The first kappa shape index (κ1) is 9.56. The first-order chi connectivity index (χ1) is 5.60.